The normalized spacial score (nSPS) is 19.1. The summed E-state index contributed by atoms with van der Waals surface area (Å²) >= 11 is 0. The lowest BCUT2D eigenvalue weighted by Gasteiger charge is -2.31. The maximum Gasteiger partial charge on any atom is 0.407 e. The van der Waals surface area contributed by atoms with Crippen LogP contribution >= 0.6 is 0 Å². The first-order chi connectivity index (χ1) is 16.4. The number of carbonyl (C=O) groups is 1. The summed E-state index contributed by atoms with van der Waals surface area (Å²) in [6, 6.07) is 6.65. The van der Waals surface area contributed by atoms with Gasteiger partial charge in [0.05, 0.1) is 36.2 Å². The highest BCUT2D eigenvalue weighted by molar-refractivity contribution is 5.70. The van der Waals surface area contributed by atoms with Crippen molar-refractivity contribution in [1.29, 1.82) is 0 Å². The number of pyridine rings is 1. The Balaban J connectivity index is 1.53. The molecule has 3 aromatic rings. The number of hydrogen-bond acceptors (Lipinski definition) is 4. The van der Waals surface area contributed by atoms with Gasteiger partial charge in [-0.25, -0.2) is 18.6 Å². The quantitative estimate of drug-likeness (QED) is 0.557. The van der Waals surface area contributed by atoms with Gasteiger partial charge in [0.15, 0.2) is 0 Å². The molecule has 3 heterocycles. The van der Waals surface area contributed by atoms with Gasteiger partial charge in [0.2, 0.25) is 0 Å². The van der Waals surface area contributed by atoms with Crippen LogP contribution in [0.5, 0.6) is 0 Å². The highest BCUT2D eigenvalue weighted by Crippen LogP contribution is 2.34. The largest absolute Gasteiger partial charge is 0.465 e. The predicted octanol–water partition coefficient (Wildman–Crippen LogP) is 4.86. The van der Waals surface area contributed by atoms with Crippen molar-refractivity contribution < 1.29 is 23.4 Å². The fourth-order valence-electron chi connectivity index (χ4n) is 5.01. The molecule has 1 aromatic carbocycles. The molecule has 9 heteroatoms. The second-order valence-electron chi connectivity index (χ2n) is 9.21. The lowest BCUT2D eigenvalue weighted by Crippen LogP contribution is -2.45. The van der Waals surface area contributed by atoms with Crippen LogP contribution in [0.25, 0.3) is 16.9 Å². The molecule has 1 atom stereocenters. The van der Waals surface area contributed by atoms with E-state index in [1.807, 2.05) is 25.3 Å². The minimum atomic E-state index is -1.01. The molecule has 0 bridgehead atoms. The van der Waals surface area contributed by atoms with Crippen molar-refractivity contribution in [3.8, 4) is 11.3 Å². The van der Waals surface area contributed by atoms with Gasteiger partial charge in [0.25, 0.3) is 0 Å². The van der Waals surface area contributed by atoms with Crippen molar-refractivity contribution in [2.75, 3.05) is 25.0 Å². The fraction of sp³-hybridized carbons (Fsp3) is 0.440. The van der Waals surface area contributed by atoms with Crippen LogP contribution in [0.3, 0.4) is 0 Å². The van der Waals surface area contributed by atoms with Crippen molar-refractivity contribution in [1.82, 2.24) is 14.3 Å². The van der Waals surface area contributed by atoms with Gasteiger partial charge in [-0.3, -0.25) is 0 Å². The number of imidazole rings is 1. The molecular weight excluding hydrogens is 442 g/mol. The average Bonchev–Trinajstić information content (AvgIpc) is 3.41. The highest BCUT2D eigenvalue weighted by Gasteiger charge is 2.29. The third-order valence-electron chi connectivity index (χ3n) is 6.72. The summed E-state index contributed by atoms with van der Waals surface area (Å²) in [5.74, 6) is -1.36. The van der Waals surface area contributed by atoms with Gasteiger partial charge in [0, 0.05) is 30.9 Å². The van der Waals surface area contributed by atoms with Crippen LogP contribution in [0.4, 0.5) is 19.3 Å². The van der Waals surface area contributed by atoms with E-state index < -0.39 is 23.8 Å². The molecule has 1 saturated carbocycles. The number of nitrogens with one attached hydrogen (secondary N) is 1. The zero-order valence-electron chi connectivity index (χ0n) is 19.1. The summed E-state index contributed by atoms with van der Waals surface area (Å²) in [5, 5.41) is 12.6. The summed E-state index contributed by atoms with van der Waals surface area (Å²) < 4.78 is 38.3. The number of aromatic nitrogens is 2. The van der Waals surface area contributed by atoms with E-state index >= 15 is 8.78 Å². The highest BCUT2D eigenvalue weighted by atomic mass is 19.1. The number of anilines is 1. The second kappa shape index (κ2) is 9.21. The lowest BCUT2D eigenvalue weighted by molar-refractivity contribution is -0.0214. The smallest absolute Gasteiger partial charge is 0.407 e. The van der Waals surface area contributed by atoms with E-state index in [1.165, 1.54) is 17.0 Å². The maximum atomic E-state index is 15.4. The first kappa shape index (κ1) is 22.6. The van der Waals surface area contributed by atoms with Crippen molar-refractivity contribution in [3.05, 3.63) is 53.4 Å². The molecule has 2 N–H and O–H groups in total. The predicted molar refractivity (Wildman–Crippen MR) is 124 cm³/mol. The number of amides is 1. The molecule has 7 nitrogen and oxygen atoms in total. The summed E-state index contributed by atoms with van der Waals surface area (Å²) in [7, 11) is 0. The number of rotatable bonds is 5. The molecule has 2 fully saturated rings. The Bertz CT molecular complexity index is 1200. The van der Waals surface area contributed by atoms with E-state index in [9.17, 15) is 9.90 Å². The zero-order valence-corrected chi connectivity index (χ0v) is 19.1. The summed E-state index contributed by atoms with van der Waals surface area (Å²) in [6.07, 6.45) is 4.86. The molecule has 1 amide bonds. The van der Waals surface area contributed by atoms with E-state index in [2.05, 4.69) is 10.3 Å². The molecule has 5 rings (SSSR count). The molecule has 0 spiro atoms. The molecule has 1 saturated heterocycles. The SMILES string of the molecule is Cc1ccn2c(C[C@H]3CN(C(=O)O)CCO3)c(-c3c(F)cc(NC4CCCC4)cc3F)nc2c1. The molecular formula is C25H28F2N4O3. The summed E-state index contributed by atoms with van der Waals surface area (Å²) in [5.41, 5.74) is 2.59. The zero-order chi connectivity index (χ0) is 23.8. The van der Waals surface area contributed by atoms with Gasteiger partial charge in [-0.2, -0.15) is 0 Å². The molecule has 1 aliphatic carbocycles. The summed E-state index contributed by atoms with van der Waals surface area (Å²) in [4.78, 5) is 17.3. The monoisotopic (exact) mass is 470 g/mol. The number of aryl methyl sites for hydroxylation is 1. The molecule has 1 aliphatic heterocycles. The van der Waals surface area contributed by atoms with Crippen LogP contribution in [0.15, 0.2) is 30.5 Å². The number of hydrogen-bond donors (Lipinski definition) is 2. The van der Waals surface area contributed by atoms with E-state index in [1.54, 1.807) is 4.40 Å². The van der Waals surface area contributed by atoms with Gasteiger partial charge in [-0.1, -0.05) is 12.8 Å². The Hall–Kier alpha value is -3.20. The van der Waals surface area contributed by atoms with Crippen LogP contribution in [0.2, 0.25) is 0 Å². The first-order valence-electron chi connectivity index (χ1n) is 11.7. The van der Waals surface area contributed by atoms with E-state index in [0.29, 0.717) is 23.6 Å². The van der Waals surface area contributed by atoms with Crippen LogP contribution < -0.4 is 5.32 Å². The number of morpholine rings is 1. The molecule has 180 valence electrons. The van der Waals surface area contributed by atoms with E-state index in [4.69, 9.17) is 4.74 Å². The Labute approximate surface area is 196 Å². The molecule has 0 radical (unpaired) electrons. The van der Waals surface area contributed by atoms with Gasteiger partial charge in [0.1, 0.15) is 17.3 Å². The van der Waals surface area contributed by atoms with Crippen molar-refractivity contribution in [2.45, 2.75) is 51.2 Å². The number of fused-ring (bicyclic) bond motifs is 1. The van der Waals surface area contributed by atoms with Crippen LogP contribution in [-0.2, 0) is 11.2 Å². The van der Waals surface area contributed by atoms with Gasteiger partial charge in [-0.05, 0) is 49.6 Å². The van der Waals surface area contributed by atoms with Gasteiger partial charge >= 0.3 is 6.09 Å². The summed E-state index contributed by atoms with van der Waals surface area (Å²) in [6.45, 7) is 2.67. The van der Waals surface area contributed by atoms with Crippen LogP contribution in [0, 0.1) is 18.6 Å². The second-order valence-corrected chi connectivity index (χ2v) is 9.21. The number of benzene rings is 1. The first-order valence-corrected chi connectivity index (χ1v) is 11.7. The topological polar surface area (TPSA) is 79.1 Å². The molecule has 34 heavy (non-hydrogen) atoms. The Morgan fingerprint density at radius 3 is 2.68 bits per heavy atom. The minimum Gasteiger partial charge on any atom is -0.465 e. The van der Waals surface area contributed by atoms with Crippen molar-refractivity contribution in [2.24, 2.45) is 0 Å². The maximum absolute atomic E-state index is 15.4. The molecule has 2 aliphatic rings. The minimum absolute atomic E-state index is 0.181. The van der Waals surface area contributed by atoms with Crippen LogP contribution in [0.1, 0.15) is 36.9 Å². The number of nitrogens with zero attached hydrogens (tertiary/aromatic N) is 3. The third kappa shape index (κ3) is 4.44. The number of halogens is 2. The average molecular weight is 471 g/mol. The Morgan fingerprint density at radius 1 is 1.24 bits per heavy atom. The van der Waals surface area contributed by atoms with Gasteiger partial charge < -0.3 is 24.5 Å². The third-order valence-corrected chi connectivity index (χ3v) is 6.72. The van der Waals surface area contributed by atoms with E-state index in [0.717, 1.165) is 31.2 Å². The standard InChI is InChI=1S/C25H28F2N4O3/c1-15-6-7-31-21(13-18-14-30(25(32)33)8-9-34-18)24(29-22(31)10-15)23-19(26)11-17(12-20(23)27)28-16-4-2-3-5-16/h6-7,10-12,16,18,28H,2-5,8-9,13-14H2,1H3,(H,32,33)/t18-/m0/s1. The molecule has 2 aromatic heterocycles. The van der Waals surface area contributed by atoms with Crippen molar-refractivity contribution >= 4 is 17.4 Å². The van der Waals surface area contributed by atoms with Crippen molar-refractivity contribution in [3.63, 3.8) is 0 Å². The van der Waals surface area contributed by atoms with Gasteiger partial charge in [-0.15, -0.1) is 0 Å². The number of carboxylic acid groups (broad SMARTS) is 1. The van der Waals surface area contributed by atoms with Crippen LogP contribution in [-0.4, -0.2) is 57.3 Å². The van der Waals surface area contributed by atoms with E-state index in [-0.39, 0.29) is 36.9 Å². The fourth-order valence-corrected chi connectivity index (χ4v) is 5.01. The molecule has 0 unspecified atom stereocenters. The Morgan fingerprint density at radius 2 is 1.97 bits per heavy atom. The lowest BCUT2D eigenvalue weighted by atomic mass is 10.0. The number of ether oxygens (including phenoxy) is 1. The Kier molecular flexibility index (Phi) is 6.12.